The molecule has 4 nitrogen and oxygen atoms in total. The van der Waals surface area contributed by atoms with E-state index in [1.807, 2.05) is 60.7 Å². The van der Waals surface area contributed by atoms with Gasteiger partial charge in [0.2, 0.25) is 0 Å². The second-order valence-corrected chi connectivity index (χ2v) is 9.21. The molecule has 4 heteroatoms. The Balaban J connectivity index is 1.95. The van der Waals surface area contributed by atoms with E-state index in [1.54, 1.807) is 0 Å². The topological polar surface area (TPSA) is 66.8 Å². The third-order valence-electron chi connectivity index (χ3n) is 7.73. The van der Waals surface area contributed by atoms with Crippen LogP contribution in [0.5, 0.6) is 0 Å². The molecule has 2 bridgehead atoms. The average molecular weight is 395 g/mol. The van der Waals surface area contributed by atoms with Gasteiger partial charge in [0.05, 0.1) is 0 Å². The highest BCUT2D eigenvalue weighted by atomic mass is 16.6. The van der Waals surface area contributed by atoms with Gasteiger partial charge in [0.15, 0.2) is 0 Å². The van der Waals surface area contributed by atoms with Gasteiger partial charge in [-0.2, -0.15) is 0 Å². The molecule has 2 fully saturated rings. The molecule has 4 rings (SSSR count). The molecule has 4 atom stereocenters. The maximum absolute atomic E-state index is 12.6. The quantitative estimate of drug-likeness (QED) is 0.751. The Morgan fingerprint density at radius 2 is 1.59 bits per heavy atom. The Labute approximate surface area is 172 Å². The van der Waals surface area contributed by atoms with Crippen molar-refractivity contribution in [2.45, 2.75) is 57.8 Å². The van der Waals surface area contributed by atoms with E-state index >= 15 is 0 Å². The minimum Gasteiger partial charge on any atom is -0.460 e. The first kappa shape index (κ1) is 20.1. The van der Waals surface area contributed by atoms with Gasteiger partial charge >= 0.3 is 5.97 Å². The summed E-state index contributed by atoms with van der Waals surface area (Å²) in [6.07, 6.45) is 0.785. The molecule has 2 aromatic carbocycles. The van der Waals surface area contributed by atoms with Crippen molar-refractivity contribution < 1.29 is 19.7 Å². The van der Waals surface area contributed by atoms with Crippen LogP contribution in [0.1, 0.15) is 51.2 Å². The molecule has 0 spiro atoms. The van der Waals surface area contributed by atoms with Crippen molar-refractivity contribution in [1.82, 2.24) is 0 Å². The van der Waals surface area contributed by atoms with Crippen LogP contribution in [0, 0.1) is 16.7 Å². The summed E-state index contributed by atoms with van der Waals surface area (Å²) >= 11 is 0. The largest absolute Gasteiger partial charge is 0.460 e. The van der Waals surface area contributed by atoms with Crippen LogP contribution in [0.25, 0.3) is 0 Å². The summed E-state index contributed by atoms with van der Waals surface area (Å²) in [6, 6.07) is 19.4. The molecule has 0 saturated heterocycles. The van der Waals surface area contributed by atoms with Crippen LogP contribution in [0.4, 0.5) is 0 Å². The smallest absolute Gasteiger partial charge is 0.334 e. The zero-order valence-corrected chi connectivity index (χ0v) is 17.3. The molecule has 154 valence electrons. The zero-order valence-electron chi connectivity index (χ0n) is 17.3. The number of aliphatic hydroxyl groups is 2. The molecule has 2 saturated carbocycles. The third-order valence-corrected chi connectivity index (χ3v) is 7.73. The highest BCUT2D eigenvalue weighted by Gasteiger charge is 2.74. The van der Waals surface area contributed by atoms with Gasteiger partial charge in [-0.1, -0.05) is 74.5 Å². The Morgan fingerprint density at radius 1 is 1.07 bits per heavy atom. The van der Waals surface area contributed by atoms with E-state index in [9.17, 15) is 15.0 Å². The summed E-state index contributed by atoms with van der Waals surface area (Å²) in [6.45, 7) is 5.81. The minimum atomic E-state index is -1.33. The maximum Gasteiger partial charge on any atom is 0.334 e. The normalized spacial score (nSPS) is 28.9. The first-order valence-corrected chi connectivity index (χ1v) is 10.5. The van der Waals surface area contributed by atoms with E-state index in [4.69, 9.17) is 4.74 Å². The predicted octanol–water partition coefficient (Wildman–Crippen LogP) is 4.04. The SMILES string of the molecule is C[C@@H](O)C(=O)O[C@@H]1C[C@H]2CC[C@]1(C(O)(c1ccccc1)c1ccccc1)C2(C)C. The molecule has 0 amide bonds. The number of ether oxygens (including phenoxy) is 1. The maximum atomic E-state index is 12.6. The van der Waals surface area contributed by atoms with Gasteiger partial charge in [-0.3, -0.25) is 0 Å². The van der Waals surface area contributed by atoms with Crippen LogP contribution >= 0.6 is 0 Å². The lowest BCUT2D eigenvalue weighted by Gasteiger charge is -2.53. The van der Waals surface area contributed by atoms with Gasteiger partial charge in [0.25, 0.3) is 0 Å². The number of hydrogen-bond donors (Lipinski definition) is 2. The van der Waals surface area contributed by atoms with Crippen molar-refractivity contribution in [2.24, 2.45) is 16.7 Å². The third kappa shape index (κ3) is 2.69. The van der Waals surface area contributed by atoms with Crippen molar-refractivity contribution in [3.63, 3.8) is 0 Å². The van der Waals surface area contributed by atoms with Gasteiger partial charge in [-0.15, -0.1) is 0 Å². The van der Waals surface area contributed by atoms with Crippen LogP contribution < -0.4 is 0 Å². The van der Waals surface area contributed by atoms with Crippen molar-refractivity contribution in [1.29, 1.82) is 0 Å². The molecule has 2 aliphatic carbocycles. The summed E-state index contributed by atoms with van der Waals surface area (Å²) < 4.78 is 5.89. The standard InChI is InChI=1S/C25H30O4/c1-17(26)22(27)29-21-16-20-14-15-24(21,23(20,2)3)25(28,18-10-6-4-7-11-18)19-12-8-5-9-13-19/h4-13,17,20-21,26,28H,14-16H2,1-3H3/t17-,20-,21-,24-/m1/s1. The number of carbonyl (C=O) groups is 1. The van der Waals surface area contributed by atoms with Gasteiger partial charge in [-0.25, -0.2) is 4.79 Å². The van der Waals surface area contributed by atoms with Gasteiger partial charge < -0.3 is 14.9 Å². The first-order chi connectivity index (χ1) is 13.7. The lowest BCUT2D eigenvalue weighted by molar-refractivity contribution is -0.190. The van der Waals surface area contributed by atoms with E-state index in [0.717, 1.165) is 24.0 Å². The molecule has 0 aliphatic heterocycles. The minimum absolute atomic E-state index is 0.253. The van der Waals surface area contributed by atoms with Crippen LogP contribution in [0.15, 0.2) is 60.7 Å². The Hall–Kier alpha value is -2.17. The molecule has 0 heterocycles. The summed E-state index contributed by atoms with van der Waals surface area (Å²) in [4.78, 5) is 12.4. The van der Waals surface area contributed by atoms with Crippen molar-refractivity contribution >= 4 is 5.97 Å². The number of aliphatic hydroxyl groups excluding tert-OH is 1. The molecule has 2 aliphatic rings. The van der Waals surface area contributed by atoms with Crippen molar-refractivity contribution in [2.75, 3.05) is 0 Å². The lowest BCUT2D eigenvalue weighted by atomic mass is 9.54. The highest BCUT2D eigenvalue weighted by molar-refractivity contribution is 5.74. The summed E-state index contributed by atoms with van der Waals surface area (Å²) in [5.74, 6) is -0.283. The summed E-state index contributed by atoms with van der Waals surface area (Å²) in [7, 11) is 0. The van der Waals surface area contributed by atoms with Gasteiger partial charge in [0, 0.05) is 5.41 Å². The van der Waals surface area contributed by atoms with Crippen LogP contribution in [0.2, 0.25) is 0 Å². The van der Waals surface area contributed by atoms with Crippen LogP contribution in [0.3, 0.4) is 0 Å². The number of esters is 1. The van der Waals surface area contributed by atoms with Crippen molar-refractivity contribution in [3.8, 4) is 0 Å². The average Bonchev–Trinajstić information content (AvgIpc) is 3.11. The molecular formula is C25H30O4. The van der Waals surface area contributed by atoms with Gasteiger partial charge in [0.1, 0.15) is 17.8 Å². The number of fused-ring (bicyclic) bond motifs is 2. The van der Waals surface area contributed by atoms with Crippen LogP contribution in [-0.2, 0) is 15.1 Å². The summed E-state index contributed by atoms with van der Waals surface area (Å²) in [5.41, 5.74) is -0.664. The van der Waals surface area contributed by atoms with E-state index in [2.05, 4.69) is 13.8 Å². The number of hydrogen-bond acceptors (Lipinski definition) is 4. The van der Waals surface area contributed by atoms with E-state index in [-0.39, 0.29) is 5.41 Å². The second-order valence-electron chi connectivity index (χ2n) is 9.21. The zero-order chi connectivity index (χ0) is 20.9. The Bertz CT molecular complexity index is 835. The number of rotatable bonds is 5. The van der Waals surface area contributed by atoms with Crippen molar-refractivity contribution in [3.05, 3.63) is 71.8 Å². The van der Waals surface area contributed by atoms with E-state index < -0.39 is 29.2 Å². The molecule has 0 unspecified atom stereocenters. The fraction of sp³-hybridized carbons (Fsp3) is 0.480. The Kier molecular flexibility index (Phi) is 4.83. The number of carbonyl (C=O) groups excluding carboxylic acids is 1. The van der Waals surface area contributed by atoms with Gasteiger partial charge in [-0.05, 0) is 48.6 Å². The summed E-state index contributed by atoms with van der Waals surface area (Å²) in [5, 5.41) is 22.4. The monoisotopic (exact) mass is 394 g/mol. The second kappa shape index (κ2) is 6.96. The van der Waals surface area contributed by atoms with E-state index in [0.29, 0.717) is 12.3 Å². The molecule has 2 aromatic rings. The van der Waals surface area contributed by atoms with E-state index in [1.165, 1.54) is 6.92 Å². The molecule has 0 aromatic heterocycles. The lowest BCUT2D eigenvalue weighted by Crippen LogP contribution is -2.57. The molecular weight excluding hydrogens is 364 g/mol. The fourth-order valence-electron chi connectivity index (χ4n) is 6.21. The molecule has 2 N–H and O–H groups in total. The predicted molar refractivity (Wildman–Crippen MR) is 111 cm³/mol. The Morgan fingerprint density at radius 3 is 2.03 bits per heavy atom. The molecule has 29 heavy (non-hydrogen) atoms. The number of benzene rings is 2. The highest BCUT2D eigenvalue weighted by Crippen LogP contribution is 2.73. The van der Waals surface area contributed by atoms with Crippen LogP contribution in [-0.4, -0.2) is 28.4 Å². The first-order valence-electron chi connectivity index (χ1n) is 10.5. The molecule has 0 radical (unpaired) electrons. The fourth-order valence-corrected chi connectivity index (χ4v) is 6.21.